The third-order valence-electron chi connectivity index (χ3n) is 3.87. The summed E-state index contributed by atoms with van der Waals surface area (Å²) in [7, 11) is -3.99. The van der Waals surface area contributed by atoms with Crippen molar-refractivity contribution in [2.45, 2.75) is 10.1 Å². The minimum atomic E-state index is -3.99. The first kappa shape index (κ1) is 18.6. The summed E-state index contributed by atoms with van der Waals surface area (Å²) in [6.07, 6.45) is 2.77. The number of Topliss-reactive ketones (excluding diaryl/α,β-unsaturated/α-hetero) is 1. The van der Waals surface area contributed by atoms with E-state index in [-0.39, 0.29) is 16.4 Å². The molecule has 0 fully saturated rings. The number of aromatic amines is 1. The van der Waals surface area contributed by atoms with Gasteiger partial charge in [0.1, 0.15) is 6.33 Å². The number of nitrogens with zero attached hydrogens (tertiary/aromatic N) is 3. The molecule has 2 aromatic carbocycles. The van der Waals surface area contributed by atoms with E-state index in [2.05, 4.69) is 19.6 Å². The molecule has 0 aliphatic heterocycles. The number of nitrogens with one attached hydrogen (secondary N) is 1. The fourth-order valence-electron chi connectivity index (χ4n) is 2.59. The molecule has 0 spiro atoms. The van der Waals surface area contributed by atoms with Gasteiger partial charge in [-0.1, -0.05) is 35.9 Å². The molecule has 0 radical (unpaired) electrons. The standard InChI is InChI=1S/C18H11ClN4O3S2/c19-11-5-7-12(8-6-11)28(25,26)23-15-9-16(27-18-20-10-21-22-18)17(24)14-4-2-1-3-13(14)15/h1-10H,(H,20,21,22)/b23-15-. The molecule has 1 aromatic heterocycles. The van der Waals surface area contributed by atoms with E-state index in [1.54, 1.807) is 24.3 Å². The van der Waals surface area contributed by atoms with Gasteiger partial charge >= 0.3 is 0 Å². The lowest BCUT2D eigenvalue weighted by molar-refractivity contribution is 0.104. The minimum absolute atomic E-state index is 0.0108. The van der Waals surface area contributed by atoms with Gasteiger partial charge in [-0.15, -0.1) is 0 Å². The van der Waals surface area contributed by atoms with Gasteiger partial charge in [-0.25, -0.2) is 4.98 Å². The number of hydrogen-bond donors (Lipinski definition) is 1. The van der Waals surface area contributed by atoms with Crippen molar-refractivity contribution < 1.29 is 13.2 Å². The van der Waals surface area contributed by atoms with E-state index in [1.165, 1.54) is 36.7 Å². The first-order valence-corrected chi connectivity index (χ1v) is 10.6. The molecule has 140 valence electrons. The molecule has 1 N–H and O–H groups in total. The van der Waals surface area contributed by atoms with Crippen molar-refractivity contribution >= 4 is 44.9 Å². The Balaban J connectivity index is 1.82. The molecule has 10 heteroatoms. The van der Waals surface area contributed by atoms with Gasteiger partial charge in [0, 0.05) is 16.1 Å². The fraction of sp³-hybridized carbons (Fsp3) is 0. The van der Waals surface area contributed by atoms with Crippen LogP contribution in [-0.2, 0) is 10.0 Å². The van der Waals surface area contributed by atoms with Crippen molar-refractivity contribution in [2.75, 3.05) is 0 Å². The predicted octanol–water partition coefficient (Wildman–Crippen LogP) is 3.51. The molecule has 1 aliphatic carbocycles. The summed E-state index contributed by atoms with van der Waals surface area (Å²) in [5.74, 6) is -0.236. The topological polar surface area (TPSA) is 105 Å². The smallest absolute Gasteiger partial charge is 0.282 e. The maximum absolute atomic E-state index is 12.8. The number of ketones is 1. The normalized spacial score (nSPS) is 15.4. The number of fused-ring (bicyclic) bond motifs is 1. The Bertz CT molecular complexity index is 1220. The van der Waals surface area contributed by atoms with Gasteiger partial charge in [0.2, 0.25) is 5.78 Å². The zero-order chi connectivity index (χ0) is 19.7. The van der Waals surface area contributed by atoms with Crippen LogP contribution in [0, 0.1) is 0 Å². The van der Waals surface area contributed by atoms with Gasteiger partial charge < -0.3 is 0 Å². The Morgan fingerprint density at radius 1 is 1.04 bits per heavy atom. The van der Waals surface area contributed by atoms with Crippen LogP contribution in [-0.4, -0.2) is 35.1 Å². The van der Waals surface area contributed by atoms with E-state index < -0.39 is 10.0 Å². The van der Waals surface area contributed by atoms with Crippen LogP contribution in [0.25, 0.3) is 0 Å². The number of benzene rings is 2. The van der Waals surface area contributed by atoms with Crippen LogP contribution >= 0.6 is 23.4 Å². The Morgan fingerprint density at radius 2 is 1.75 bits per heavy atom. The molecule has 1 aliphatic rings. The summed E-state index contributed by atoms with van der Waals surface area (Å²) in [5.41, 5.74) is 0.996. The van der Waals surface area contributed by atoms with Crippen molar-refractivity contribution in [1.29, 1.82) is 0 Å². The van der Waals surface area contributed by atoms with Gasteiger partial charge in [0.15, 0.2) is 5.16 Å². The maximum Gasteiger partial charge on any atom is 0.282 e. The number of sulfonamides is 1. The summed E-state index contributed by atoms with van der Waals surface area (Å²) < 4.78 is 29.5. The van der Waals surface area contributed by atoms with Crippen LogP contribution in [0.4, 0.5) is 0 Å². The van der Waals surface area contributed by atoms with Crippen molar-refractivity contribution in [2.24, 2.45) is 4.40 Å². The lowest BCUT2D eigenvalue weighted by Gasteiger charge is -2.16. The Morgan fingerprint density at radius 3 is 2.43 bits per heavy atom. The number of hydrogen-bond acceptors (Lipinski definition) is 6. The predicted molar refractivity (Wildman–Crippen MR) is 106 cm³/mol. The average molecular weight is 431 g/mol. The van der Waals surface area contributed by atoms with E-state index in [9.17, 15) is 13.2 Å². The number of thioether (sulfide) groups is 1. The van der Waals surface area contributed by atoms with Gasteiger partial charge in [-0.3, -0.25) is 9.89 Å². The van der Waals surface area contributed by atoms with E-state index >= 15 is 0 Å². The molecule has 0 unspecified atom stereocenters. The molecule has 0 saturated carbocycles. The number of carbonyl (C=O) groups excluding carboxylic acids is 1. The number of H-pyrrole nitrogens is 1. The van der Waals surface area contributed by atoms with Crippen LogP contribution in [0.1, 0.15) is 15.9 Å². The Labute approximate surface area is 169 Å². The van der Waals surface area contributed by atoms with Gasteiger partial charge in [-0.05, 0) is 42.1 Å². The van der Waals surface area contributed by atoms with E-state index in [0.29, 0.717) is 26.2 Å². The summed E-state index contributed by atoms with van der Waals surface area (Å²) in [6, 6.07) is 12.5. The van der Waals surface area contributed by atoms with Gasteiger partial charge in [0.25, 0.3) is 10.0 Å². The number of halogens is 1. The molecule has 0 atom stereocenters. The second kappa shape index (κ2) is 7.34. The molecule has 4 rings (SSSR count). The highest BCUT2D eigenvalue weighted by molar-refractivity contribution is 8.04. The van der Waals surface area contributed by atoms with Crippen LogP contribution in [0.3, 0.4) is 0 Å². The Hall–Kier alpha value is -2.75. The summed E-state index contributed by atoms with van der Waals surface area (Å²) in [6.45, 7) is 0. The van der Waals surface area contributed by atoms with Crippen molar-refractivity contribution in [3.63, 3.8) is 0 Å². The highest BCUT2D eigenvalue weighted by Crippen LogP contribution is 2.32. The number of carbonyl (C=O) groups is 1. The van der Waals surface area contributed by atoms with Gasteiger partial charge in [0.05, 0.1) is 15.5 Å². The highest BCUT2D eigenvalue weighted by Gasteiger charge is 2.27. The van der Waals surface area contributed by atoms with Crippen molar-refractivity contribution in [3.05, 3.63) is 82.0 Å². The molecule has 0 amide bonds. The number of allylic oxidation sites excluding steroid dienone is 2. The molecule has 28 heavy (non-hydrogen) atoms. The lowest BCUT2D eigenvalue weighted by Crippen LogP contribution is -2.17. The summed E-state index contributed by atoms with van der Waals surface area (Å²) >= 11 is 6.89. The molecule has 7 nitrogen and oxygen atoms in total. The highest BCUT2D eigenvalue weighted by atomic mass is 35.5. The number of rotatable bonds is 4. The summed E-state index contributed by atoms with van der Waals surface area (Å²) in [4.78, 5) is 17.1. The largest absolute Gasteiger partial charge is 0.288 e. The van der Waals surface area contributed by atoms with Crippen LogP contribution in [0.15, 0.2) is 80.3 Å². The third-order valence-corrected chi connectivity index (χ3v) is 6.34. The van der Waals surface area contributed by atoms with Gasteiger partial charge in [-0.2, -0.15) is 17.9 Å². The van der Waals surface area contributed by atoms with Crippen LogP contribution < -0.4 is 0 Å². The number of aromatic nitrogens is 3. The SMILES string of the molecule is O=C1C(Sc2ncn[nH]2)=C/C(=N/S(=O)(=O)c2ccc(Cl)cc2)c2ccccc21. The molecule has 0 saturated heterocycles. The molecular formula is C18H11ClN4O3S2. The second-order valence-corrected chi connectivity index (χ2v) is 8.75. The first-order valence-electron chi connectivity index (χ1n) is 7.93. The second-order valence-electron chi connectivity index (χ2n) is 5.68. The monoisotopic (exact) mass is 430 g/mol. The molecule has 1 heterocycles. The van der Waals surface area contributed by atoms with Crippen molar-refractivity contribution in [1.82, 2.24) is 15.2 Å². The maximum atomic E-state index is 12.8. The lowest BCUT2D eigenvalue weighted by atomic mass is 9.94. The fourth-order valence-corrected chi connectivity index (χ4v) is 4.49. The van der Waals surface area contributed by atoms with Crippen molar-refractivity contribution in [3.8, 4) is 0 Å². The molecule has 0 bridgehead atoms. The van der Waals surface area contributed by atoms with E-state index in [1.807, 2.05) is 0 Å². The van der Waals surface area contributed by atoms with E-state index in [4.69, 9.17) is 11.6 Å². The quantitative estimate of drug-likeness (QED) is 0.679. The zero-order valence-corrected chi connectivity index (χ0v) is 16.4. The first-order chi connectivity index (χ1) is 13.4. The Kier molecular flexibility index (Phi) is 4.88. The third kappa shape index (κ3) is 3.64. The summed E-state index contributed by atoms with van der Waals surface area (Å²) in [5, 5.41) is 7.25. The van der Waals surface area contributed by atoms with Crippen LogP contribution in [0.5, 0.6) is 0 Å². The van der Waals surface area contributed by atoms with Crippen LogP contribution in [0.2, 0.25) is 5.02 Å². The average Bonchev–Trinajstić information content (AvgIpc) is 3.19. The minimum Gasteiger partial charge on any atom is -0.288 e. The molecular weight excluding hydrogens is 420 g/mol. The molecule has 3 aromatic rings. The zero-order valence-electron chi connectivity index (χ0n) is 14.0. The van der Waals surface area contributed by atoms with E-state index in [0.717, 1.165) is 11.8 Å².